The van der Waals surface area contributed by atoms with Crippen LogP contribution in [0.15, 0.2) is 35.7 Å². The summed E-state index contributed by atoms with van der Waals surface area (Å²) < 4.78 is 35.6. The SMILES string of the molecule is C=CCSCCNc1ccc(S(N)(=O)=O)cc1F. The first-order valence-corrected chi connectivity index (χ1v) is 7.90. The Hall–Kier alpha value is -1.05. The Morgan fingerprint density at radius 2 is 2.22 bits per heavy atom. The maximum absolute atomic E-state index is 13.6. The molecule has 0 radical (unpaired) electrons. The molecule has 0 heterocycles. The second kappa shape index (κ2) is 6.77. The van der Waals surface area contributed by atoms with E-state index in [1.165, 1.54) is 12.1 Å². The molecule has 1 aromatic carbocycles. The number of hydrogen-bond acceptors (Lipinski definition) is 4. The van der Waals surface area contributed by atoms with Gasteiger partial charge in [0.25, 0.3) is 0 Å². The number of anilines is 1. The molecule has 100 valence electrons. The summed E-state index contributed by atoms with van der Waals surface area (Å²) in [6.07, 6.45) is 1.80. The fourth-order valence-electron chi connectivity index (χ4n) is 1.24. The summed E-state index contributed by atoms with van der Waals surface area (Å²) in [5.41, 5.74) is 0.265. The summed E-state index contributed by atoms with van der Waals surface area (Å²) in [7, 11) is -3.86. The van der Waals surface area contributed by atoms with Crippen molar-refractivity contribution in [2.24, 2.45) is 5.14 Å². The van der Waals surface area contributed by atoms with Crippen LogP contribution in [0.1, 0.15) is 0 Å². The summed E-state index contributed by atoms with van der Waals surface area (Å²) in [6, 6.07) is 3.55. The third-order valence-corrected chi connectivity index (χ3v) is 3.94. The molecule has 1 rings (SSSR count). The maximum Gasteiger partial charge on any atom is 0.238 e. The van der Waals surface area contributed by atoms with E-state index in [4.69, 9.17) is 5.14 Å². The van der Waals surface area contributed by atoms with Crippen molar-refractivity contribution >= 4 is 27.5 Å². The number of thioether (sulfide) groups is 1. The van der Waals surface area contributed by atoms with Gasteiger partial charge in [-0.05, 0) is 18.2 Å². The van der Waals surface area contributed by atoms with E-state index in [2.05, 4.69) is 11.9 Å². The van der Waals surface area contributed by atoms with Crippen LogP contribution < -0.4 is 10.5 Å². The van der Waals surface area contributed by atoms with E-state index in [1.807, 2.05) is 0 Å². The summed E-state index contributed by atoms with van der Waals surface area (Å²) in [5, 5.41) is 7.79. The molecule has 0 unspecified atom stereocenters. The van der Waals surface area contributed by atoms with Crippen LogP contribution in [-0.2, 0) is 10.0 Å². The Morgan fingerprint density at radius 3 is 2.78 bits per heavy atom. The highest BCUT2D eigenvalue weighted by Gasteiger charge is 2.11. The zero-order chi connectivity index (χ0) is 13.6. The molecule has 0 fully saturated rings. The van der Waals surface area contributed by atoms with E-state index in [1.54, 1.807) is 17.8 Å². The predicted molar refractivity (Wildman–Crippen MR) is 73.8 cm³/mol. The molecule has 0 bridgehead atoms. The molecule has 18 heavy (non-hydrogen) atoms. The lowest BCUT2D eigenvalue weighted by Crippen LogP contribution is -2.13. The number of hydrogen-bond donors (Lipinski definition) is 2. The van der Waals surface area contributed by atoms with Crippen LogP contribution in [-0.4, -0.2) is 26.5 Å². The van der Waals surface area contributed by atoms with Gasteiger partial charge in [-0.25, -0.2) is 17.9 Å². The van der Waals surface area contributed by atoms with Crippen LogP contribution in [0.3, 0.4) is 0 Å². The highest BCUT2D eigenvalue weighted by molar-refractivity contribution is 7.99. The lowest BCUT2D eigenvalue weighted by Gasteiger charge is -2.08. The van der Waals surface area contributed by atoms with E-state index in [-0.39, 0.29) is 10.6 Å². The van der Waals surface area contributed by atoms with Crippen molar-refractivity contribution in [3.05, 3.63) is 36.7 Å². The Bertz CT molecular complexity index is 518. The number of rotatable bonds is 7. The zero-order valence-electron chi connectivity index (χ0n) is 9.73. The van der Waals surface area contributed by atoms with Gasteiger partial charge in [-0.1, -0.05) is 6.08 Å². The van der Waals surface area contributed by atoms with Crippen LogP contribution in [0.25, 0.3) is 0 Å². The van der Waals surface area contributed by atoms with Gasteiger partial charge in [0, 0.05) is 18.1 Å². The van der Waals surface area contributed by atoms with Gasteiger partial charge in [-0.3, -0.25) is 0 Å². The molecule has 0 aliphatic carbocycles. The largest absolute Gasteiger partial charge is 0.382 e. The average molecular weight is 290 g/mol. The molecule has 3 N–H and O–H groups in total. The molecule has 0 amide bonds. The van der Waals surface area contributed by atoms with Gasteiger partial charge >= 0.3 is 0 Å². The minimum Gasteiger partial charge on any atom is -0.382 e. The third kappa shape index (κ3) is 4.67. The molecule has 0 aliphatic heterocycles. The minimum atomic E-state index is -3.86. The fourth-order valence-corrected chi connectivity index (χ4v) is 2.35. The van der Waals surface area contributed by atoms with Crippen molar-refractivity contribution < 1.29 is 12.8 Å². The zero-order valence-corrected chi connectivity index (χ0v) is 11.4. The van der Waals surface area contributed by atoms with Gasteiger partial charge in [0.1, 0.15) is 5.82 Å². The number of benzene rings is 1. The third-order valence-electron chi connectivity index (χ3n) is 2.07. The van der Waals surface area contributed by atoms with E-state index in [0.717, 1.165) is 17.6 Å². The van der Waals surface area contributed by atoms with Crippen LogP contribution in [0.5, 0.6) is 0 Å². The standard InChI is InChI=1S/C11H15FN2O2S2/c1-2-6-17-7-5-14-11-4-3-9(8-10(11)12)18(13,15)16/h2-4,8,14H,1,5-7H2,(H2,13,15,16). The van der Waals surface area contributed by atoms with Gasteiger partial charge in [0.05, 0.1) is 10.6 Å². The Kier molecular flexibility index (Phi) is 5.64. The number of primary sulfonamides is 1. The van der Waals surface area contributed by atoms with Crippen molar-refractivity contribution in [1.29, 1.82) is 0 Å². The van der Waals surface area contributed by atoms with Gasteiger partial charge < -0.3 is 5.32 Å². The van der Waals surface area contributed by atoms with E-state index >= 15 is 0 Å². The quantitative estimate of drug-likeness (QED) is 0.593. The summed E-state index contributed by atoms with van der Waals surface area (Å²) in [4.78, 5) is -0.230. The normalized spacial score (nSPS) is 11.2. The Balaban J connectivity index is 2.61. The van der Waals surface area contributed by atoms with Crippen LogP contribution in [0, 0.1) is 5.82 Å². The van der Waals surface area contributed by atoms with Crippen molar-refractivity contribution in [3.8, 4) is 0 Å². The van der Waals surface area contributed by atoms with Gasteiger partial charge in [0.15, 0.2) is 0 Å². The first kappa shape index (κ1) is 15.0. The molecule has 1 aromatic rings. The molecule has 0 spiro atoms. The van der Waals surface area contributed by atoms with Gasteiger partial charge in [0.2, 0.25) is 10.0 Å². The highest BCUT2D eigenvalue weighted by atomic mass is 32.2. The van der Waals surface area contributed by atoms with Crippen molar-refractivity contribution in [2.75, 3.05) is 23.4 Å². The highest BCUT2D eigenvalue weighted by Crippen LogP contribution is 2.18. The molecule has 0 aliphatic rings. The van der Waals surface area contributed by atoms with E-state index < -0.39 is 15.8 Å². The lowest BCUT2D eigenvalue weighted by molar-refractivity contribution is 0.593. The molecular weight excluding hydrogens is 275 g/mol. The van der Waals surface area contributed by atoms with Gasteiger partial charge in [-0.2, -0.15) is 11.8 Å². The topological polar surface area (TPSA) is 72.2 Å². The summed E-state index contributed by atoms with van der Waals surface area (Å²) in [6.45, 7) is 4.18. The molecule has 0 saturated carbocycles. The average Bonchev–Trinajstić information content (AvgIpc) is 2.29. The molecule has 0 aromatic heterocycles. The lowest BCUT2D eigenvalue weighted by atomic mass is 10.3. The number of halogens is 1. The molecule has 0 saturated heterocycles. The van der Waals surface area contributed by atoms with Gasteiger partial charge in [-0.15, -0.1) is 6.58 Å². The smallest absolute Gasteiger partial charge is 0.238 e. The molecule has 7 heteroatoms. The van der Waals surface area contributed by atoms with Crippen molar-refractivity contribution in [2.45, 2.75) is 4.90 Å². The second-order valence-corrected chi connectivity index (χ2v) is 6.19. The maximum atomic E-state index is 13.6. The predicted octanol–water partition coefficient (Wildman–Crippen LogP) is 1.80. The number of nitrogens with two attached hydrogens (primary N) is 1. The second-order valence-electron chi connectivity index (χ2n) is 3.48. The summed E-state index contributed by atoms with van der Waals surface area (Å²) in [5.74, 6) is 1.02. The molecular formula is C11H15FN2O2S2. The van der Waals surface area contributed by atoms with Crippen LogP contribution in [0.4, 0.5) is 10.1 Å². The Labute approximate surface area is 111 Å². The number of nitrogens with one attached hydrogen (secondary N) is 1. The first-order chi connectivity index (χ1) is 8.45. The van der Waals surface area contributed by atoms with Crippen molar-refractivity contribution in [1.82, 2.24) is 0 Å². The summed E-state index contributed by atoms with van der Waals surface area (Å²) >= 11 is 1.67. The minimum absolute atomic E-state index is 0.230. The number of sulfonamides is 1. The Morgan fingerprint density at radius 1 is 1.50 bits per heavy atom. The van der Waals surface area contributed by atoms with Crippen LogP contribution >= 0.6 is 11.8 Å². The fraction of sp³-hybridized carbons (Fsp3) is 0.273. The van der Waals surface area contributed by atoms with Crippen LogP contribution in [0.2, 0.25) is 0 Å². The monoisotopic (exact) mass is 290 g/mol. The molecule has 0 atom stereocenters. The van der Waals surface area contributed by atoms with Crippen molar-refractivity contribution in [3.63, 3.8) is 0 Å². The van der Waals surface area contributed by atoms with E-state index in [9.17, 15) is 12.8 Å². The molecule has 4 nitrogen and oxygen atoms in total. The van der Waals surface area contributed by atoms with E-state index in [0.29, 0.717) is 6.54 Å². The first-order valence-electron chi connectivity index (χ1n) is 5.20.